The fourth-order valence-corrected chi connectivity index (χ4v) is 2.69. The van der Waals surface area contributed by atoms with Crippen LogP contribution < -0.4 is 10.2 Å². The number of carbonyl (C=O) groups excluding carboxylic acids is 3. The smallest absolute Gasteiger partial charge is 0.299 e. The molecule has 0 aromatic heterocycles. The predicted molar refractivity (Wildman–Crippen MR) is 78.3 cm³/mol. The summed E-state index contributed by atoms with van der Waals surface area (Å²) in [5, 5.41) is 2.83. The molecule has 1 heterocycles. The molecule has 0 bridgehead atoms. The lowest BCUT2D eigenvalue weighted by molar-refractivity contribution is -0.122. The third kappa shape index (κ3) is 2.44. The second kappa shape index (κ2) is 4.98. The molecular weight excluding hydrogens is 268 g/mol. The Hall–Kier alpha value is -2.17. The molecule has 21 heavy (non-hydrogen) atoms. The summed E-state index contributed by atoms with van der Waals surface area (Å²) in [5.74, 6) is -0.747. The minimum atomic E-state index is -0.607. The maximum Gasteiger partial charge on any atom is 0.299 e. The minimum absolute atomic E-state index is 0.0887. The Morgan fingerprint density at radius 2 is 1.90 bits per heavy atom. The number of nitrogens with zero attached hydrogens (tertiary/aromatic N) is 1. The van der Waals surface area contributed by atoms with Gasteiger partial charge in [0.15, 0.2) is 0 Å². The number of fused-ring (bicyclic) bond motifs is 1. The van der Waals surface area contributed by atoms with Crippen LogP contribution in [0.15, 0.2) is 12.1 Å². The number of benzene rings is 1. The highest BCUT2D eigenvalue weighted by atomic mass is 16.2. The van der Waals surface area contributed by atoms with Crippen molar-refractivity contribution in [2.45, 2.75) is 26.7 Å². The monoisotopic (exact) mass is 286 g/mol. The van der Waals surface area contributed by atoms with Gasteiger partial charge in [-0.3, -0.25) is 19.3 Å². The van der Waals surface area contributed by atoms with E-state index < -0.39 is 11.7 Å². The Kier molecular flexibility index (Phi) is 3.27. The predicted octanol–water partition coefficient (Wildman–Crippen LogP) is 1.36. The molecule has 1 saturated carbocycles. The van der Waals surface area contributed by atoms with Crippen LogP contribution in [0.3, 0.4) is 0 Å². The van der Waals surface area contributed by atoms with E-state index in [9.17, 15) is 14.4 Å². The van der Waals surface area contributed by atoms with Crippen LogP contribution in [0, 0.1) is 19.8 Å². The van der Waals surface area contributed by atoms with Gasteiger partial charge in [0.1, 0.15) is 6.54 Å². The molecule has 0 radical (unpaired) electrons. The van der Waals surface area contributed by atoms with Gasteiger partial charge in [0, 0.05) is 6.54 Å². The van der Waals surface area contributed by atoms with Crippen LogP contribution in [-0.2, 0) is 9.59 Å². The lowest BCUT2D eigenvalue weighted by Gasteiger charge is -2.18. The van der Waals surface area contributed by atoms with E-state index in [1.165, 1.54) is 4.90 Å². The summed E-state index contributed by atoms with van der Waals surface area (Å²) in [6.45, 7) is 4.22. The summed E-state index contributed by atoms with van der Waals surface area (Å²) >= 11 is 0. The van der Waals surface area contributed by atoms with Gasteiger partial charge in [0.25, 0.3) is 11.7 Å². The largest absolute Gasteiger partial charge is 0.354 e. The average Bonchev–Trinajstić information content (AvgIpc) is 3.24. The molecule has 2 aliphatic rings. The van der Waals surface area contributed by atoms with Crippen LogP contribution >= 0.6 is 0 Å². The summed E-state index contributed by atoms with van der Waals surface area (Å²) in [6.07, 6.45) is 2.31. The molecule has 5 nitrogen and oxygen atoms in total. The van der Waals surface area contributed by atoms with E-state index in [0.29, 0.717) is 23.7 Å². The Morgan fingerprint density at radius 1 is 1.24 bits per heavy atom. The van der Waals surface area contributed by atoms with Crippen LogP contribution in [0.25, 0.3) is 0 Å². The zero-order valence-electron chi connectivity index (χ0n) is 12.2. The molecule has 1 N–H and O–H groups in total. The van der Waals surface area contributed by atoms with Gasteiger partial charge in [-0.1, -0.05) is 12.1 Å². The van der Waals surface area contributed by atoms with Crippen LogP contribution in [0.2, 0.25) is 0 Å². The van der Waals surface area contributed by atoms with E-state index in [1.807, 2.05) is 19.1 Å². The lowest BCUT2D eigenvalue weighted by Crippen LogP contribution is -2.40. The standard InChI is InChI=1S/C16H18N2O3/c1-9-3-4-10(2)14-13(9)15(20)16(21)18(14)8-12(19)17-7-11-5-6-11/h3-4,11H,5-8H2,1-2H3,(H,17,19). The first kappa shape index (κ1) is 13.8. The van der Waals surface area contributed by atoms with Crippen LogP contribution in [0.5, 0.6) is 0 Å². The Labute approximate surface area is 123 Å². The van der Waals surface area contributed by atoms with Crippen molar-refractivity contribution < 1.29 is 14.4 Å². The first-order chi connectivity index (χ1) is 9.99. The molecule has 1 aliphatic carbocycles. The number of amides is 2. The van der Waals surface area contributed by atoms with Crippen molar-refractivity contribution in [2.24, 2.45) is 5.92 Å². The molecule has 1 aromatic carbocycles. The molecule has 0 spiro atoms. The number of hydrogen-bond acceptors (Lipinski definition) is 3. The van der Waals surface area contributed by atoms with Gasteiger partial charge in [0.2, 0.25) is 5.91 Å². The topological polar surface area (TPSA) is 66.5 Å². The number of anilines is 1. The summed E-state index contributed by atoms with van der Waals surface area (Å²) < 4.78 is 0. The van der Waals surface area contributed by atoms with Gasteiger partial charge in [-0.05, 0) is 43.7 Å². The highest BCUT2D eigenvalue weighted by Crippen LogP contribution is 2.34. The zero-order chi connectivity index (χ0) is 15.1. The fraction of sp³-hybridized carbons (Fsp3) is 0.438. The second-order valence-electron chi connectivity index (χ2n) is 5.89. The van der Waals surface area contributed by atoms with Crippen LogP contribution in [0.4, 0.5) is 5.69 Å². The first-order valence-corrected chi connectivity index (χ1v) is 7.22. The molecule has 0 atom stereocenters. The molecule has 1 aliphatic heterocycles. The molecule has 0 saturated heterocycles. The van der Waals surface area contributed by atoms with Gasteiger partial charge in [-0.25, -0.2) is 0 Å². The van der Waals surface area contributed by atoms with Gasteiger partial charge < -0.3 is 5.32 Å². The Morgan fingerprint density at radius 3 is 2.57 bits per heavy atom. The van der Waals surface area contributed by atoms with E-state index in [2.05, 4.69) is 5.32 Å². The quantitative estimate of drug-likeness (QED) is 0.850. The number of aryl methyl sites for hydroxylation is 2. The molecular formula is C16H18N2O3. The molecule has 2 amide bonds. The maximum absolute atomic E-state index is 12.1. The fourth-order valence-electron chi connectivity index (χ4n) is 2.69. The molecule has 3 rings (SSSR count). The third-order valence-corrected chi connectivity index (χ3v) is 4.11. The van der Waals surface area contributed by atoms with Gasteiger partial charge >= 0.3 is 0 Å². The van der Waals surface area contributed by atoms with Crippen molar-refractivity contribution in [1.29, 1.82) is 0 Å². The molecule has 110 valence electrons. The first-order valence-electron chi connectivity index (χ1n) is 7.22. The molecule has 5 heteroatoms. The number of ketones is 1. The molecule has 1 aromatic rings. The van der Waals surface area contributed by atoms with Crippen LogP contribution in [0.1, 0.15) is 34.3 Å². The number of Topliss-reactive ketones (excluding diaryl/α,β-unsaturated/α-hetero) is 1. The number of rotatable bonds is 4. The average molecular weight is 286 g/mol. The lowest BCUT2D eigenvalue weighted by atomic mass is 10.0. The highest BCUT2D eigenvalue weighted by Gasteiger charge is 2.39. The normalized spacial score (nSPS) is 17.1. The summed E-state index contributed by atoms with van der Waals surface area (Å²) in [5.41, 5.74) is 2.64. The minimum Gasteiger partial charge on any atom is -0.354 e. The summed E-state index contributed by atoms with van der Waals surface area (Å²) in [6, 6.07) is 3.70. The van der Waals surface area contributed by atoms with E-state index in [-0.39, 0.29) is 12.5 Å². The Balaban J connectivity index is 1.83. The van der Waals surface area contributed by atoms with E-state index in [4.69, 9.17) is 0 Å². The zero-order valence-corrected chi connectivity index (χ0v) is 12.2. The maximum atomic E-state index is 12.1. The molecule has 0 unspecified atom stereocenters. The van der Waals surface area contributed by atoms with Crippen molar-refractivity contribution in [3.8, 4) is 0 Å². The van der Waals surface area contributed by atoms with Crippen LogP contribution in [-0.4, -0.2) is 30.7 Å². The third-order valence-electron chi connectivity index (χ3n) is 4.11. The number of hydrogen-bond donors (Lipinski definition) is 1. The van der Waals surface area contributed by atoms with Crippen molar-refractivity contribution in [1.82, 2.24) is 5.32 Å². The van der Waals surface area contributed by atoms with E-state index >= 15 is 0 Å². The van der Waals surface area contributed by atoms with Crippen molar-refractivity contribution >= 4 is 23.3 Å². The Bertz CT molecular complexity index is 647. The van der Waals surface area contributed by atoms with Gasteiger partial charge in [-0.2, -0.15) is 0 Å². The van der Waals surface area contributed by atoms with E-state index in [0.717, 1.165) is 24.0 Å². The van der Waals surface area contributed by atoms with E-state index in [1.54, 1.807) is 6.92 Å². The highest BCUT2D eigenvalue weighted by molar-refractivity contribution is 6.53. The van der Waals surface area contributed by atoms with Gasteiger partial charge in [0.05, 0.1) is 11.3 Å². The van der Waals surface area contributed by atoms with Crippen molar-refractivity contribution in [2.75, 3.05) is 18.0 Å². The van der Waals surface area contributed by atoms with Crippen molar-refractivity contribution in [3.63, 3.8) is 0 Å². The summed E-state index contributed by atoms with van der Waals surface area (Å²) in [7, 11) is 0. The van der Waals surface area contributed by atoms with Crippen molar-refractivity contribution in [3.05, 3.63) is 28.8 Å². The number of carbonyl (C=O) groups is 3. The SMILES string of the molecule is Cc1ccc(C)c2c1C(=O)C(=O)N2CC(=O)NCC1CC1. The molecule has 1 fully saturated rings. The van der Waals surface area contributed by atoms with Gasteiger partial charge in [-0.15, -0.1) is 0 Å². The second-order valence-corrected chi connectivity index (χ2v) is 5.89. The summed E-state index contributed by atoms with van der Waals surface area (Å²) in [4.78, 5) is 37.5. The number of nitrogens with one attached hydrogen (secondary N) is 1.